The van der Waals surface area contributed by atoms with E-state index in [1.54, 1.807) is 48.8 Å². The summed E-state index contributed by atoms with van der Waals surface area (Å²) in [5, 5.41) is 9.23. The topological polar surface area (TPSA) is 63.0 Å². The van der Waals surface area contributed by atoms with Crippen LogP contribution < -0.4 is 4.74 Å². The molecule has 0 saturated carbocycles. The Labute approximate surface area is 117 Å². The molecule has 1 atom stereocenters. The maximum atomic E-state index is 12.4. The Morgan fingerprint density at radius 1 is 1.35 bits per heavy atom. The number of pyridine rings is 1. The van der Waals surface area contributed by atoms with E-state index in [1.807, 2.05) is 13.0 Å². The molecule has 1 unspecified atom stereocenters. The van der Waals surface area contributed by atoms with Crippen LogP contribution in [0.3, 0.4) is 0 Å². The number of rotatable bonds is 5. The normalized spacial score (nSPS) is 11.4. The minimum Gasteiger partial charge on any atom is -0.494 e. The fourth-order valence-corrected chi connectivity index (χ4v) is 1.88. The molecule has 2 aromatic rings. The lowest BCUT2D eigenvalue weighted by molar-refractivity contribution is 0.0978. The van der Waals surface area contributed by atoms with Crippen molar-refractivity contribution in [1.82, 2.24) is 4.98 Å². The van der Waals surface area contributed by atoms with Gasteiger partial charge in [-0.3, -0.25) is 9.78 Å². The highest BCUT2D eigenvalue weighted by atomic mass is 16.5. The van der Waals surface area contributed by atoms with Crippen molar-refractivity contribution in [3.05, 3.63) is 59.9 Å². The van der Waals surface area contributed by atoms with Crippen LogP contribution >= 0.6 is 0 Å². The molecule has 0 fully saturated rings. The monoisotopic (exact) mass is 266 g/mol. The largest absolute Gasteiger partial charge is 0.494 e. The molecular weight excluding hydrogens is 252 g/mol. The second-order valence-corrected chi connectivity index (χ2v) is 4.17. The first-order valence-electron chi connectivity index (χ1n) is 6.33. The van der Waals surface area contributed by atoms with Crippen molar-refractivity contribution in [2.45, 2.75) is 12.8 Å². The van der Waals surface area contributed by atoms with Crippen LogP contribution in [0, 0.1) is 11.3 Å². The van der Waals surface area contributed by atoms with Crippen molar-refractivity contribution < 1.29 is 9.53 Å². The molecule has 0 aliphatic heterocycles. The second kappa shape index (κ2) is 6.48. The molecule has 0 aliphatic rings. The molecule has 20 heavy (non-hydrogen) atoms. The van der Waals surface area contributed by atoms with Gasteiger partial charge in [-0.15, -0.1) is 0 Å². The first kappa shape index (κ1) is 13.8. The lowest BCUT2D eigenvalue weighted by atomic mass is 9.93. The summed E-state index contributed by atoms with van der Waals surface area (Å²) in [7, 11) is 0. The minimum atomic E-state index is -0.832. The third-order valence-corrected chi connectivity index (χ3v) is 2.86. The molecule has 2 rings (SSSR count). The Balaban J connectivity index is 2.23. The zero-order valence-corrected chi connectivity index (χ0v) is 11.1. The van der Waals surface area contributed by atoms with E-state index in [2.05, 4.69) is 4.98 Å². The molecule has 0 saturated heterocycles. The zero-order chi connectivity index (χ0) is 14.4. The van der Waals surface area contributed by atoms with Crippen LogP contribution in [0.2, 0.25) is 0 Å². The predicted molar refractivity (Wildman–Crippen MR) is 74.5 cm³/mol. The van der Waals surface area contributed by atoms with Gasteiger partial charge in [-0.2, -0.15) is 5.26 Å². The summed E-state index contributed by atoms with van der Waals surface area (Å²) in [5.41, 5.74) is 1.10. The van der Waals surface area contributed by atoms with Gasteiger partial charge in [0.2, 0.25) is 0 Å². The van der Waals surface area contributed by atoms with Crippen molar-refractivity contribution in [3.8, 4) is 11.8 Å². The summed E-state index contributed by atoms with van der Waals surface area (Å²) in [4.78, 5) is 16.3. The summed E-state index contributed by atoms with van der Waals surface area (Å²) in [6, 6.07) is 12.3. The first-order chi connectivity index (χ1) is 9.76. The highest BCUT2D eigenvalue weighted by Gasteiger charge is 2.21. The number of benzene rings is 1. The fourth-order valence-electron chi connectivity index (χ4n) is 1.88. The summed E-state index contributed by atoms with van der Waals surface area (Å²) in [5.74, 6) is -0.357. The van der Waals surface area contributed by atoms with Gasteiger partial charge in [-0.1, -0.05) is 6.07 Å². The highest BCUT2D eigenvalue weighted by Crippen LogP contribution is 2.21. The van der Waals surface area contributed by atoms with Gasteiger partial charge >= 0.3 is 0 Å². The van der Waals surface area contributed by atoms with Gasteiger partial charge in [-0.25, -0.2) is 0 Å². The van der Waals surface area contributed by atoms with Crippen molar-refractivity contribution in [2.24, 2.45) is 0 Å². The van der Waals surface area contributed by atoms with Crippen LogP contribution in [-0.2, 0) is 0 Å². The van der Waals surface area contributed by atoms with Gasteiger partial charge in [0.25, 0.3) is 0 Å². The number of hydrogen-bond acceptors (Lipinski definition) is 4. The smallest absolute Gasteiger partial charge is 0.184 e. The molecule has 4 heteroatoms. The standard InChI is InChI=1S/C16H14N2O2/c1-2-20-14-7-5-12(6-8-14)16(19)15(10-17)13-4-3-9-18-11-13/h3-9,11,15H,2H2,1H3. The predicted octanol–water partition coefficient (Wildman–Crippen LogP) is 2.97. The third kappa shape index (κ3) is 3.01. The van der Waals surface area contributed by atoms with Crippen molar-refractivity contribution in [2.75, 3.05) is 6.61 Å². The highest BCUT2D eigenvalue weighted by molar-refractivity contribution is 6.02. The van der Waals surface area contributed by atoms with E-state index in [-0.39, 0.29) is 5.78 Å². The molecule has 4 nitrogen and oxygen atoms in total. The van der Waals surface area contributed by atoms with Crippen LogP contribution in [0.1, 0.15) is 28.8 Å². The first-order valence-corrected chi connectivity index (χ1v) is 6.33. The number of hydrogen-bond donors (Lipinski definition) is 0. The van der Waals surface area contributed by atoms with Gasteiger partial charge in [0.1, 0.15) is 11.7 Å². The molecule has 1 heterocycles. The Morgan fingerprint density at radius 3 is 2.65 bits per heavy atom. The molecule has 0 amide bonds. The van der Waals surface area contributed by atoms with E-state index in [0.717, 1.165) is 0 Å². The molecular formula is C16H14N2O2. The number of ketones is 1. The van der Waals surface area contributed by atoms with E-state index < -0.39 is 5.92 Å². The number of nitriles is 1. The van der Waals surface area contributed by atoms with E-state index in [0.29, 0.717) is 23.5 Å². The van der Waals surface area contributed by atoms with Gasteiger partial charge in [0.15, 0.2) is 5.78 Å². The molecule has 1 aromatic carbocycles. The molecule has 0 radical (unpaired) electrons. The molecule has 1 aromatic heterocycles. The summed E-state index contributed by atoms with van der Waals surface area (Å²) >= 11 is 0. The van der Waals surface area contributed by atoms with E-state index in [1.165, 1.54) is 0 Å². The Hall–Kier alpha value is -2.67. The minimum absolute atomic E-state index is 0.233. The quantitative estimate of drug-likeness (QED) is 0.780. The number of ether oxygens (including phenoxy) is 1. The number of carbonyl (C=O) groups is 1. The lowest BCUT2D eigenvalue weighted by Crippen LogP contribution is -2.11. The Kier molecular flexibility index (Phi) is 4.46. The van der Waals surface area contributed by atoms with Crippen LogP contribution in [0.4, 0.5) is 0 Å². The van der Waals surface area contributed by atoms with Gasteiger partial charge in [0.05, 0.1) is 12.7 Å². The molecule has 0 spiro atoms. The van der Waals surface area contributed by atoms with Crippen molar-refractivity contribution in [1.29, 1.82) is 5.26 Å². The van der Waals surface area contributed by atoms with Gasteiger partial charge in [-0.05, 0) is 42.8 Å². The second-order valence-electron chi connectivity index (χ2n) is 4.17. The van der Waals surface area contributed by atoms with Gasteiger partial charge in [0, 0.05) is 18.0 Å². The molecule has 0 N–H and O–H groups in total. The lowest BCUT2D eigenvalue weighted by Gasteiger charge is -2.09. The summed E-state index contributed by atoms with van der Waals surface area (Å²) in [6.07, 6.45) is 3.15. The zero-order valence-electron chi connectivity index (χ0n) is 11.1. The number of nitrogens with zero attached hydrogens (tertiary/aromatic N) is 2. The maximum absolute atomic E-state index is 12.4. The molecule has 0 bridgehead atoms. The molecule has 100 valence electrons. The van der Waals surface area contributed by atoms with Gasteiger partial charge < -0.3 is 4.74 Å². The average molecular weight is 266 g/mol. The van der Waals surface area contributed by atoms with Crippen LogP contribution in [0.25, 0.3) is 0 Å². The Bertz CT molecular complexity index is 615. The molecule has 0 aliphatic carbocycles. The third-order valence-electron chi connectivity index (χ3n) is 2.86. The van der Waals surface area contributed by atoms with E-state index in [4.69, 9.17) is 4.74 Å². The number of carbonyl (C=O) groups excluding carboxylic acids is 1. The number of Topliss-reactive ketones (excluding diaryl/α,β-unsaturated/α-hetero) is 1. The van der Waals surface area contributed by atoms with E-state index in [9.17, 15) is 10.1 Å². The number of aromatic nitrogens is 1. The van der Waals surface area contributed by atoms with Crippen LogP contribution in [-0.4, -0.2) is 17.4 Å². The van der Waals surface area contributed by atoms with Crippen molar-refractivity contribution in [3.63, 3.8) is 0 Å². The summed E-state index contributed by atoms with van der Waals surface area (Å²) < 4.78 is 5.33. The van der Waals surface area contributed by atoms with Crippen LogP contribution in [0.15, 0.2) is 48.8 Å². The summed E-state index contributed by atoms with van der Waals surface area (Å²) in [6.45, 7) is 2.47. The Morgan fingerprint density at radius 2 is 2.10 bits per heavy atom. The fraction of sp³-hybridized carbons (Fsp3) is 0.188. The SMILES string of the molecule is CCOc1ccc(C(=O)C(C#N)c2cccnc2)cc1. The maximum Gasteiger partial charge on any atom is 0.184 e. The van der Waals surface area contributed by atoms with Crippen LogP contribution in [0.5, 0.6) is 5.75 Å². The average Bonchev–Trinajstić information content (AvgIpc) is 2.50. The van der Waals surface area contributed by atoms with Crippen molar-refractivity contribution >= 4 is 5.78 Å². The van der Waals surface area contributed by atoms with E-state index >= 15 is 0 Å².